The fourth-order valence-electron chi connectivity index (χ4n) is 5.74. The first kappa shape index (κ1) is 40.9. The Balaban J connectivity index is 4.12. The first-order chi connectivity index (χ1) is 20.4. The number of carbonyl (C=O) groups excluding carboxylic acids is 2. The topological polar surface area (TPSA) is 55.8 Å². The largest absolute Gasteiger partial charge is 0.466 e. The van der Waals surface area contributed by atoms with E-state index < -0.39 is 0 Å². The van der Waals surface area contributed by atoms with Crippen LogP contribution in [0.1, 0.15) is 188 Å². The Bertz CT molecular complexity index is 594. The Hall–Kier alpha value is -1.10. The van der Waals surface area contributed by atoms with Crippen molar-refractivity contribution in [3.8, 4) is 0 Å². The lowest BCUT2D eigenvalue weighted by Crippen LogP contribution is -2.20. The zero-order chi connectivity index (χ0) is 31.1. The molecule has 5 nitrogen and oxygen atoms in total. The van der Waals surface area contributed by atoms with Crippen LogP contribution in [0.15, 0.2) is 0 Å². The third kappa shape index (κ3) is 29.0. The molecule has 0 N–H and O–H groups in total. The molecule has 0 aromatic carbocycles. The van der Waals surface area contributed by atoms with E-state index in [1.807, 2.05) is 14.1 Å². The van der Waals surface area contributed by atoms with Crippen LogP contribution < -0.4 is 0 Å². The van der Waals surface area contributed by atoms with Gasteiger partial charge in [0.05, 0.1) is 6.61 Å². The van der Waals surface area contributed by atoms with Crippen molar-refractivity contribution in [3.63, 3.8) is 0 Å². The minimum Gasteiger partial charge on any atom is -0.466 e. The van der Waals surface area contributed by atoms with Crippen molar-refractivity contribution in [2.24, 2.45) is 5.92 Å². The Morgan fingerprint density at radius 1 is 0.548 bits per heavy atom. The molecule has 42 heavy (non-hydrogen) atoms. The Morgan fingerprint density at radius 3 is 1.60 bits per heavy atom. The van der Waals surface area contributed by atoms with E-state index in [2.05, 4.69) is 25.7 Å². The van der Waals surface area contributed by atoms with Gasteiger partial charge in [0.25, 0.3) is 0 Å². The molecule has 0 fully saturated rings. The minimum absolute atomic E-state index is 0.00913. The number of unbranched alkanes of at least 4 members (excludes halogenated alkanes) is 15. The number of nitrogens with zero attached hydrogens (tertiary/aromatic N) is 1. The molecule has 2 unspecified atom stereocenters. The molecule has 0 aliphatic heterocycles. The smallest absolute Gasteiger partial charge is 0.306 e. The van der Waals surface area contributed by atoms with Crippen molar-refractivity contribution < 1.29 is 19.1 Å². The molecule has 0 bridgehead atoms. The number of hydrogen-bond acceptors (Lipinski definition) is 5. The highest BCUT2D eigenvalue weighted by Gasteiger charge is 2.16. The lowest BCUT2D eigenvalue weighted by Gasteiger charge is -2.18. The van der Waals surface area contributed by atoms with Crippen LogP contribution in [0.4, 0.5) is 0 Å². The Labute approximate surface area is 262 Å². The average molecular weight is 596 g/mol. The first-order valence-corrected chi connectivity index (χ1v) is 18.4. The molecule has 0 aromatic rings. The summed E-state index contributed by atoms with van der Waals surface area (Å²) >= 11 is 0. The monoisotopic (exact) mass is 596 g/mol. The van der Waals surface area contributed by atoms with Gasteiger partial charge in [0.2, 0.25) is 0 Å². The van der Waals surface area contributed by atoms with E-state index in [0.29, 0.717) is 25.4 Å². The molecule has 0 aliphatic rings. The summed E-state index contributed by atoms with van der Waals surface area (Å²) in [6.45, 7) is 8.23. The molecule has 5 heteroatoms. The molecule has 0 heterocycles. The number of rotatable bonds is 32. The van der Waals surface area contributed by atoms with Crippen molar-refractivity contribution in [2.45, 2.75) is 194 Å². The summed E-state index contributed by atoms with van der Waals surface area (Å²) < 4.78 is 11.5. The molecule has 0 aromatic heterocycles. The van der Waals surface area contributed by atoms with Crippen molar-refractivity contribution in [3.05, 3.63) is 0 Å². The summed E-state index contributed by atoms with van der Waals surface area (Å²) in [4.78, 5) is 26.9. The molecule has 0 aliphatic carbocycles. The second-order valence-corrected chi connectivity index (χ2v) is 13.1. The normalized spacial score (nSPS) is 12.9. The maximum atomic E-state index is 12.4. The number of esters is 2. The summed E-state index contributed by atoms with van der Waals surface area (Å²) in [5.41, 5.74) is 0. The third-order valence-corrected chi connectivity index (χ3v) is 8.48. The third-order valence-electron chi connectivity index (χ3n) is 8.48. The molecule has 250 valence electrons. The molecular formula is C37H73NO4. The summed E-state index contributed by atoms with van der Waals surface area (Å²) in [7, 11) is 4.09. The second kappa shape index (κ2) is 31.3. The summed E-state index contributed by atoms with van der Waals surface area (Å²) in [6, 6.07) is 0. The lowest BCUT2D eigenvalue weighted by molar-refractivity contribution is -0.150. The van der Waals surface area contributed by atoms with E-state index in [-0.39, 0.29) is 18.0 Å². The van der Waals surface area contributed by atoms with E-state index in [0.717, 1.165) is 51.5 Å². The fourth-order valence-corrected chi connectivity index (χ4v) is 5.74. The molecule has 2 atom stereocenters. The zero-order valence-electron chi connectivity index (χ0n) is 29.0. The van der Waals surface area contributed by atoms with Crippen LogP contribution in [0.25, 0.3) is 0 Å². The predicted octanol–water partition coefficient (Wildman–Crippen LogP) is 10.8. The zero-order valence-corrected chi connectivity index (χ0v) is 29.0. The first-order valence-electron chi connectivity index (χ1n) is 18.4. The summed E-state index contributed by atoms with van der Waals surface area (Å²) in [5, 5.41) is 0. The lowest BCUT2D eigenvalue weighted by atomic mass is 9.92. The fraction of sp³-hybridized carbons (Fsp3) is 0.946. The van der Waals surface area contributed by atoms with Gasteiger partial charge in [-0.1, -0.05) is 124 Å². The van der Waals surface area contributed by atoms with Crippen molar-refractivity contribution in [1.29, 1.82) is 0 Å². The van der Waals surface area contributed by atoms with Crippen LogP contribution in [0.5, 0.6) is 0 Å². The van der Waals surface area contributed by atoms with Crippen LogP contribution in [-0.2, 0) is 19.1 Å². The molecule has 0 radical (unpaired) electrons. The second-order valence-electron chi connectivity index (χ2n) is 13.1. The van der Waals surface area contributed by atoms with E-state index in [1.54, 1.807) is 0 Å². The van der Waals surface area contributed by atoms with Crippen LogP contribution in [0.2, 0.25) is 0 Å². The van der Waals surface area contributed by atoms with Gasteiger partial charge in [0.1, 0.15) is 6.10 Å². The van der Waals surface area contributed by atoms with Gasteiger partial charge < -0.3 is 14.4 Å². The maximum Gasteiger partial charge on any atom is 0.306 e. The van der Waals surface area contributed by atoms with Gasteiger partial charge in [-0.3, -0.25) is 9.59 Å². The van der Waals surface area contributed by atoms with Crippen LogP contribution >= 0.6 is 0 Å². The van der Waals surface area contributed by atoms with Gasteiger partial charge in [-0.05, 0) is 77.9 Å². The molecule has 0 amide bonds. The van der Waals surface area contributed by atoms with Crippen LogP contribution in [-0.4, -0.2) is 50.2 Å². The van der Waals surface area contributed by atoms with Gasteiger partial charge in [0.15, 0.2) is 0 Å². The Kier molecular flexibility index (Phi) is 30.5. The predicted molar refractivity (Wildman–Crippen MR) is 180 cm³/mol. The van der Waals surface area contributed by atoms with Crippen LogP contribution in [0.3, 0.4) is 0 Å². The van der Waals surface area contributed by atoms with Gasteiger partial charge >= 0.3 is 11.9 Å². The highest BCUT2D eigenvalue weighted by Crippen LogP contribution is 2.22. The Morgan fingerprint density at radius 2 is 1.02 bits per heavy atom. The van der Waals surface area contributed by atoms with Crippen molar-refractivity contribution in [2.75, 3.05) is 27.2 Å². The SMILES string of the molecule is CCCCCCCCCC(CCCCCCCCOC(=O)CC(CCCC)CCCCCC)OC(=O)CCCN(C)C. The van der Waals surface area contributed by atoms with E-state index in [9.17, 15) is 9.59 Å². The van der Waals surface area contributed by atoms with Gasteiger partial charge in [-0.25, -0.2) is 0 Å². The van der Waals surface area contributed by atoms with Crippen molar-refractivity contribution >= 4 is 11.9 Å². The highest BCUT2D eigenvalue weighted by atomic mass is 16.5. The average Bonchev–Trinajstić information content (AvgIpc) is 2.96. The summed E-state index contributed by atoms with van der Waals surface area (Å²) in [6.07, 6.45) is 29.7. The van der Waals surface area contributed by atoms with E-state index in [1.165, 1.54) is 109 Å². The van der Waals surface area contributed by atoms with Crippen LogP contribution in [0, 0.1) is 5.92 Å². The molecule has 0 rings (SSSR count). The maximum absolute atomic E-state index is 12.4. The van der Waals surface area contributed by atoms with Crippen molar-refractivity contribution in [1.82, 2.24) is 4.90 Å². The highest BCUT2D eigenvalue weighted by molar-refractivity contribution is 5.69. The van der Waals surface area contributed by atoms with E-state index in [4.69, 9.17) is 9.47 Å². The number of hydrogen-bond donors (Lipinski definition) is 0. The number of ether oxygens (including phenoxy) is 2. The van der Waals surface area contributed by atoms with Gasteiger partial charge in [0, 0.05) is 12.8 Å². The standard InChI is InChI=1S/C37H73NO4/c1-6-9-12-14-15-18-22-28-35(42-36(39)30-25-31-38(4)5)29-23-19-16-17-20-24-32-41-37(40)33-34(26-11-8-3)27-21-13-10-7-2/h34-35H,6-33H2,1-5H3. The molecule has 0 saturated heterocycles. The molecule has 0 spiro atoms. The summed E-state index contributed by atoms with van der Waals surface area (Å²) in [5.74, 6) is 0.489. The van der Waals surface area contributed by atoms with Gasteiger partial charge in [-0.2, -0.15) is 0 Å². The number of carbonyl (C=O) groups is 2. The molecular weight excluding hydrogens is 522 g/mol. The van der Waals surface area contributed by atoms with E-state index >= 15 is 0 Å². The molecule has 0 saturated carbocycles. The quantitative estimate of drug-likeness (QED) is 0.0572. The minimum atomic E-state index is -0.0208. The van der Waals surface area contributed by atoms with Gasteiger partial charge in [-0.15, -0.1) is 0 Å².